The Morgan fingerprint density at radius 2 is 1.93 bits per heavy atom. The van der Waals surface area contributed by atoms with E-state index in [0.29, 0.717) is 12.0 Å². The number of rotatable bonds is 5. The largest absolute Gasteiger partial charge is 0.416 e. The van der Waals surface area contributed by atoms with Crippen molar-refractivity contribution in [3.8, 4) is 0 Å². The summed E-state index contributed by atoms with van der Waals surface area (Å²) in [5.41, 5.74) is 3.12. The molecule has 3 aromatic rings. The number of hydrogen-bond acceptors (Lipinski definition) is 3. The maximum absolute atomic E-state index is 12.9. The van der Waals surface area contributed by atoms with Gasteiger partial charge in [-0.1, -0.05) is 24.3 Å². The van der Waals surface area contributed by atoms with Crippen LogP contribution in [-0.4, -0.2) is 26.2 Å². The standard InChI is InChI=1S/C22H23F3N4/c1-28-14-18(13-27-28)15-29-9-3-6-21(29)20-8-7-17(12-26-20)10-16-4-2-5-19(11-16)22(23,24)25/h2,4-5,7-8,11-14,21H,3,6,9-10,15H2,1H3/t21-/m0/s1. The van der Waals surface area contributed by atoms with E-state index in [1.54, 1.807) is 16.9 Å². The fraction of sp³-hybridized carbons (Fsp3) is 0.364. The molecule has 0 N–H and O–H groups in total. The third kappa shape index (κ3) is 4.67. The maximum Gasteiger partial charge on any atom is 0.416 e. The van der Waals surface area contributed by atoms with Crippen molar-refractivity contribution in [1.29, 1.82) is 0 Å². The molecule has 1 aromatic carbocycles. The van der Waals surface area contributed by atoms with Gasteiger partial charge in [-0.3, -0.25) is 14.6 Å². The van der Waals surface area contributed by atoms with Gasteiger partial charge >= 0.3 is 6.18 Å². The molecule has 152 valence electrons. The molecule has 0 bridgehead atoms. The molecule has 2 aromatic heterocycles. The van der Waals surface area contributed by atoms with Gasteiger partial charge in [0.2, 0.25) is 0 Å². The van der Waals surface area contributed by atoms with Crippen molar-refractivity contribution in [2.75, 3.05) is 6.54 Å². The molecule has 1 aliphatic rings. The van der Waals surface area contributed by atoms with E-state index in [4.69, 9.17) is 0 Å². The van der Waals surface area contributed by atoms with Crippen molar-refractivity contribution in [2.24, 2.45) is 7.05 Å². The van der Waals surface area contributed by atoms with Gasteiger partial charge in [-0.2, -0.15) is 18.3 Å². The Morgan fingerprint density at radius 3 is 2.62 bits per heavy atom. The molecule has 1 aliphatic heterocycles. The number of alkyl halides is 3. The van der Waals surface area contributed by atoms with Gasteiger partial charge in [-0.05, 0) is 49.1 Å². The SMILES string of the molecule is Cn1cc(CN2CCC[C@H]2c2ccc(Cc3cccc(C(F)(F)F)c3)cn2)cn1. The lowest BCUT2D eigenvalue weighted by molar-refractivity contribution is -0.137. The van der Waals surface area contributed by atoms with Crippen LogP contribution in [0.1, 0.15) is 46.8 Å². The number of pyridine rings is 1. The molecular weight excluding hydrogens is 377 g/mol. The maximum atomic E-state index is 12.9. The van der Waals surface area contributed by atoms with Gasteiger partial charge < -0.3 is 0 Å². The van der Waals surface area contributed by atoms with Crippen LogP contribution in [0.5, 0.6) is 0 Å². The molecule has 3 heterocycles. The Kier molecular flexibility index (Phi) is 5.41. The molecule has 0 unspecified atom stereocenters. The summed E-state index contributed by atoms with van der Waals surface area (Å²) < 4.78 is 40.5. The third-order valence-electron chi connectivity index (χ3n) is 5.36. The second-order valence-electron chi connectivity index (χ2n) is 7.62. The Balaban J connectivity index is 1.45. The molecule has 1 saturated heterocycles. The van der Waals surface area contributed by atoms with Gasteiger partial charge in [-0.15, -0.1) is 0 Å². The zero-order valence-corrected chi connectivity index (χ0v) is 16.2. The fourth-order valence-electron chi connectivity index (χ4n) is 3.97. The van der Waals surface area contributed by atoms with E-state index in [-0.39, 0.29) is 6.04 Å². The van der Waals surface area contributed by atoms with Gasteiger partial charge in [0.1, 0.15) is 0 Å². The van der Waals surface area contributed by atoms with Crippen LogP contribution in [0.15, 0.2) is 55.0 Å². The number of aryl methyl sites for hydroxylation is 1. The number of hydrogen-bond donors (Lipinski definition) is 0. The predicted molar refractivity (Wildman–Crippen MR) is 104 cm³/mol. The average molecular weight is 400 g/mol. The van der Waals surface area contributed by atoms with Crippen molar-refractivity contribution in [1.82, 2.24) is 19.7 Å². The van der Waals surface area contributed by atoms with Crippen LogP contribution in [-0.2, 0) is 26.2 Å². The van der Waals surface area contributed by atoms with Crippen molar-refractivity contribution in [3.05, 3.63) is 82.9 Å². The first kappa shape index (κ1) is 19.6. The van der Waals surface area contributed by atoms with Gasteiger partial charge in [0.25, 0.3) is 0 Å². The van der Waals surface area contributed by atoms with Gasteiger partial charge in [0.15, 0.2) is 0 Å². The summed E-state index contributed by atoms with van der Waals surface area (Å²) >= 11 is 0. The number of halogens is 3. The number of nitrogens with zero attached hydrogens (tertiary/aromatic N) is 4. The highest BCUT2D eigenvalue weighted by molar-refractivity contribution is 5.30. The molecule has 29 heavy (non-hydrogen) atoms. The number of likely N-dealkylation sites (tertiary alicyclic amines) is 1. The molecule has 1 fully saturated rings. The highest BCUT2D eigenvalue weighted by Gasteiger charge is 2.30. The molecule has 0 saturated carbocycles. The molecule has 4 nitrogen and oxygen atoms in total. The lowest BCUT2D eigenvalue weighted by Crippen LogP contribution is -2.23. The van der Waals surface area contributed by atoms with Crippen LogP contribution in [0.2, 0.25) is 0 Å². The summed E-state index contributed by atoms with van der Waals surface area (Å²) in [4.78, 5) is 7.05. The minimum absolute atomic E-state index is 0.262. The molecule has 0 amide bonds. The minimum atomic E-state index is -4.32. The van der Waals surface area contributed by atoms with Crippen molar-refractivity contribution >= 4 is 0 Å². The molecular formula is C22H23F3N4. The van der Waals surface area contributed by atoms with Gasteiger partial charge in [0, 0.05) is 31.5 Å². The van der Waals surface area contributed by atoms with Crippen LogP contribution < -0.4 is 0 Å². The third-order valence-corrected chi connectivity index (χ3v) is 5.36. The Labute approximate surface area is 168 Å². The summed E-state index contributed by atoms with van der Waals surface area (Å²) in [6.45, 7) is 1.86. The van der Waals surface area contributed by atoms with Crippen LogP contribution >= 0.6 is 0 Å². The fourth-order valence-corrected chi connectivity index (χ4v) is 3.97. The van der Waals surface area contributed by atoms with E-state index >= 15 is 0 Å². The molecule has 0 spiro atoms. The van der Waals surface area contributed by atoms with E-state index < -0.39 is 11.7 Å². The first-order chi connectivity index (χ1) is 13.9. The van der Waals surface area contributed by atoms with Gasteiger partial charge in [0.05, 0.1) is 23.5 Å². The zero-order chi connectivity index (χ0) is 20.4. The highest BCUT2D eigenvalue weighted by Crippen LogP contribution is 2.33. The smallest absolute Gasteiger partial charge is 0.290 e. The summed E-state index contributed by atoms with van der Waals surface area (Å²) in [7, 11) is 1.91. The molecule has 1 atom stereocenters. The lowest BCUT2D eigenvalue weighted by atomic mass is 10.0. The van der Waals surface area contributed by atoms with E-state index in [9.17, 15) is 13.2 Å². The quantitative estimate of drug-likeness (QED) is 0.619. The van der Waals surface area contributed by atoms with Crippen LogP contribution in [0.25, 0.3) is 0 Å². The Hall–Kier alpha value is -2.67. The van der Waals surface area contributed by atoms with E-state index in [2.05, 4.69) is 15.0 Å². The topological polar surface area (TPSA) is 34.0 Å². The average Bonchev–Trinajstić information content (AvgIpc) is 3.31. The van der Waals surface area contributed by atoms with Crippen molar-refractivity contribution in [2.45, 2.75) is 38.0 Å². The molecule has 4 rings (SSSR count). The van der Waals surface area contributed by atoms with E-state index in [1.165, 1.54) is 17.7 Å². The summed E-state index contributed by atoms with van der Waals surface area (Å²) in [5.74, 6) is 0. The van der Waals surface area contributed by atoms with Crippen molar-refractivity contribution in [3.63, 3.8) is 0 Å². The van der Waals surface area contributed by atoms with E-state index in [0.717, 1.165) is 43.3 Å². The summed E-state index contributed by atoms with van der Waals surface area (Å²) in [5, 5.41) is 4.23. The minimum Gasteiger partial charge on any atom is -0.290 e. The summed E-state index contributed by atoms with van der Waals surface area (Å²) in [6.07, 6.45) is 4.00. The second kappa shape index (κ2) is 7.99. The first-order valence-corrected chi connectivity index (χ1v) is 9.71. The number of benzene rings is 1. The molecule has 0 aliphatic carbocycles. The lowest BCUT2D eigenvalue weighted by Gasteiger charge is -2.23. The Bertz CT molecular complexity index is 963. The van der Waals surface area contributed by atoms with Gasteiger partial charge in [-0.25, -0.2) is 0 Å². The number of aromatic nitrogens is 3. The predicted octanol–water partition coefficient (Wildman–Crippen LogP) is 4.76. The first-order valence-electron chi connectivity index (χ1n) is 9.71. The van der Waals surface area contributed by atoms with E-state index in [1.807, 2.05) is 31.6 Å². The highest BCUT2D eigenvalue weighted by atomic mass is 19.4. The van der Waals surface area contributed by atoms with Crippen LogP contribution in [0, 0.1) is 0 Å². The molecule has 0 radical (unpaired) electrons. The monoisotopic (exact) mass is 400 g/mol. The zero-order valence-electron chi connectivity index (χ0n) is 16.2. The second-order valence-corrected chi connectivity index (χ2v) is 7.62. The Morgan fingerprint density at radius 1 is 1.07 bits per heavy atom. The van der Waals surface area contributed by atoms with Crippen LogP contribution in [0.3, 0.4) is 0 Å². The summed E-state index contributed by atoms with van der Waals surface area (Å²) in [6, 6.07) is 9.73. The molecule has 7 heteroatoms. The normalized spacial score (nSPS) is 17.7. The van der Waals surface area contributed by atoms with Crippen molar-refractivity contribution < 1.29 is 13.2 Å². The van der Waals surface area contributed by atoms with Crippen LogP contribution in [0.4, 0.5) is 13.2 Å².